The molecule has 4 aromatic rings. The molecule has 0 atom stereocenters. The summed E-state index contributed by atoms with van der Waals surface area (Å²) in [6.45, 7) is 2.04. The second kappa shape index (κ2) is 8.00. The fraction of sp³-hybridized carbons (Fsp3) is 0.211. The quantitative estimate of drug-likeness (QED) is 0.420. The highest BCUT2D eigenvalue weighted by molar-refractivity contribution is 7.98. The van der Waals surface area contributed by atoms with Crippen LogP contribution in [0.3, 0.4) is 0 Å². The van der Waals surface area contributed by atoms with Gasteiger partial charge in [0.1, 0.15) is 0 Å². The van der Waals surface area contributed by atoms with Gasteiger partial charge < -0.3 is 4.57 Å². The average molecular weight is 442 g/mol. The van der Waals surface area contributed by atoms with E-state index in [9.17, 15) is 8.42 Å². The lowest BCUT2D eigenvalue weighted by atomic mass is 10.1. The maximum absolute atomic E-state index is 11.6. The molecule has 0 aliphatic rings. The molecule has 0 N–H and O–H groups in total. The van der Waals surface area contributed by atoms with Crippen LogP contribution in [0.4, 0.5) is 0 Å². The number of thioether (sulfide) groups is 1. The summed E-state index contributed by atoms with van der Waals surface area (Å²) in [5.41, 5.74) is 2.85. The first kappa shape index (κ1) is 20.2. The van der Waals surface area contributed by atoms with E-state index in [1.54, 1.807) is 28.9 Å². The van der Waals surface area contributed by atoms with Crippen molar-refractivity contribution in [1.29, 1.82) is 0 Å². The van der Waals surface area contributed by atoms with E-state index in [2.05, 4.69) is 25.7 Å². The van der Waals surface area contributed by atoms with Gasteiger partial charge in [0, 0.05) is 18.9 Å². The fourth-order valence-corrected chi connectivity index (χ4v) is 4.41. The third kappa shape index (κ3) is 3.98. The SMILES string of the molecule is Cc1ccccc1-c1nnc(SCc2nnnn2-c2ccc(S(C)(=O)=O)cc2)n1C. The van der Waals surface area contributed by atoms with Gasteiger partial charge in [0.2, 0.25) is 0 Å². The zero-order valence-electron chi connectivity index (χ0n) is 16.6. The van der Waals surface area contributed by atoms with Gasteiger partial charge in [-0.15, -0.1) is 15.3 Å². The van der Waals surface area contributed by atoms with Crippen LogP contribution in [0.15, 0.2) is 58.6 Å². The number of hydrogen-bond acceptors (Lipinski definition) is 8. The van der Waals surface area contributed by atoms with Gasteiger partial charge in [0.15, 0.2) is 26.6 Å². The number of tetrazole rings is 1. The maximum atomic E-state index is 11.6. The number of nitrogens with zero attached hydrogens (tertiary/aromatic N) is 7. The molecule has 4 rings (SSSR count). The van der Waals surface area contributed by atoms with E-state index in [0.717, 1.165) is 22.1 Å². The Hall–Kier alpha value is -3.05. The number of aromatic nitrogens is 7. The van der Waals surface area contributed by atoms with Crippen molar-refractivity contribution in [2.24, 2.45) is 7.05 Å². The summed E-state index contributed by atoms with van der Waals surface area (Å²) in [7, 11) is -1.33. The van der Waals surface area contributed by atoms with Gasteiger partial charge in [0.05, 0.1) is 16.3 Å². The predicted octanol–water partition coefficient (Wildman–Crippen LogP) is 2.46. The minimum absolute atomic E-state index is 0.248. The summed E-state index contributed by atoms with van der Waals surface area (Å²) in [5.74, 6) is 1.89. The molecule has 0 amide bonds. The smallest absolute Gasteiger partial charge is 0.191 e. The summed E-state index contributed by atoms with van der Waals surface area (Å²) in [4.78, 5) is 0.248. The van der Waals surface area contributed by atoms with E-state index < -0.39 is 9.84 Å². The summed E-state index contributed by atoms with van der Waals surface area (Å²) in [6, 6.07) is 14.5. The van der Waals surface area contributed by atoms with Gasteiger partial charge in [-0.2, -0.15) is 4.68 Å². The molecule has 2 heterocycles. The molecule has 11 heteroatoms. The van der Waals surface area contributed by atoms with Gasteiger partial charge >= 0.3 is 0 Å². The molecule has 0 aliphatic heterocycles. The molecule has 9 nitrogen and oxygen atoms in total. The molecule has 0 radical (unpaired) electrons. The second-order valence-corrected chi connectivity index (χ2v) is 9.70. The largest absolute Gasteiger partial charge is 0.305 e. The number of rotatable bonds is 6. The van der Waals surface area contributed by atoms with Crippen molar-refractivity contribution in [3.05, 3.63) is 59.9 Å². The van der Waals surface area contributed by atoms with Crippen LogP contribution in [-0.4, -0.2) is 49.6 Å². The Labute approximate surface area is 178 Å². The lowest BCUT2D eigenvalue weighted by Gasteiger charge is -2.07. The Morgan fingerprint density at radius 1 is 1.00 bits per heavy atom. The predicted molar refractivity (Wildman–Crippen MR) is 113 cm³/mol. The monoisotopic (exact) mass is 441 g/mol. The second-order valence-electron chi connectivity index (χ2n) is 6.74. The van der Waals surface area contributed by atoms with Crippen LogP contribution in [0, 0.1) is 6.92 Å². The minimum Gasteiger partial charge on any atom is -0.305 e. The van der Waals surface area contributed by atoms with Crippen molar-refractivity contribution < 1.29 is 8.42 Å². The first-order chi connectivity index (χ1) is 14.3. The molecule has 154 valence electrons. The molecule has 0 saturated heterocycles. The van der Waals surface area contributed by atoms with Crippen LogP contribution in [-0.2, 0) is 22.6 Å². The Morgan fingerprint density at radius 2 is 1.73 bits per heavy atom. The third-order valence-corrected chi connectivity index (χ3v) is 6.74. The zero-order valence-corrected chi connectivity index (χ0v) is 18.2. The van der Waals surface area contributed by atoms with Gasteiger partial charge in [-0.05, 0) is 47.2 Å². The van der Waals surface area contributed by atoms with E-state index in [1.807, 2.05) is 42.8 Å². The fourth-order valence-electron chi connectivity index (χ4n) is 2.96. The van der Waals surface area contributed by atoms with Gasteiger partial charge in [0.25, 0.3) is 0 Å². The van der Waals surface area contributed by atoms with Gasteiger partial charge in [-0.3, -0.25) is 0 Å². The lowest BCUT2D eigenvalue weighted by molar-refractivity contribution is 0.602. The van der Waals surface area contributed by atoms with E-state index in [1.165, 1.54) is 18.0 Å². The number of sulfone groups is 1. The summed E-state index contributed by atoms with van der Waals surface area (Å²) in [6.07, 6.45) is 1.17. The Kier molecular flexibility index (Phi) is 5.39. The molecule has 30 heavy (non-hydrogen) atoms. The van der Waals surface area contributed by atoms with Crippen LogP contribution in [0.25, 0.3) is 17.1 Å². The van der Waals surface area contributed by atoms with E-state index in [4.69, 9.17) is 0 Å². The topological polar surface area (TPSA) is 108 Å². The first-order valence-electron chi connectivity index (χ1n) is 9.00. The van der Waals surface area contributed by atoms with Gasteiger partial charge in [-0.25, -0.2) is 8.42 Å². The lowest BCUT2D eigenvalue weighted by Crippen LogP contribution is -2.04. The molecule has 2 aromatic heterocycles. The van der Waals surface area contributed by atoms with Crippen LogP contribution in [0.2, 0.25) is 0 Å². The third-order valence-electron chi connectivity index (χ3n) is 4.59. The van der Waals surface area contributed by atoms with Crippen LogP contribution < -0.4 is 0 Å². The van der Waals surface area contributed by atoms with Crippen molar-refractivity contribution in [1.82, 2.24) is 35.0 Å². The molecule has 0 saturated carbocycles. The van der Waals surface area contributed by atoms with Crippen LogP contribution in [0.1, 0.15) is 11.4 Å². The summed E-state index contributed by atoms with van der Waals surface area (Å²) in [5, 5.41) is 21.3. The van der Waals surface area contributed by atoms with E-state index in [-0.39, 0.29) is 4.90 Å². The van der Waals surface area contributed by atoms with Gasteiger partial charge in [-0.1, -0.05) is 36.0 Å². The van der Waals surface area contributed by atoms with Crippen LogP contribution in [0.5, 0.6) is 0 Å². The van der Waals surface area contributed by atoms with Crippen molar-refractivity contribution in [2.45, 2.75) is 22.7 Å². The highest BCUT2D eigenvalue weighted by atomic mass is 32.2. The van der Waals surface area contributed by atoms with E-state index >= 15 is 0 Å². The standard InChI is InChI=1S/C19H19N7O2S2/c1-13-6-4-5-7-16(13)18-21-22-19(25(18)2)29-12-17-20-23-24-26(17)14-8-10-15(11-9-14)30(3,27)28/h4-11H,12H2,1-3H3. The Morgan fingerprint density at radius 3 is 2.43 bits per heavy atom. The van der Waals surface area contributed by atoms with Crippen molar-refractivity contribution in [2.75, 3.05) is 6.26 Å². The molecular weight excluding hydrogens is 422 g/mol. The average Bonchev–Trinajstić information content (AvgIpc) is 3.33. The van der Waals surface area contributed by atoms with E-state index in [0.29, 0.717) is 17.3 Å². The highest BCUT2D eigenvalue weighted by Gasteiger charge is 2.16. The van der Waals surface area contributed by atoms with Crippen molar-refractivity contribution in [3.63, 3.8) is 0 Å². The zero-order chi connectivity index (χ0) is 21.3. The Balaban J connectivity index is 1.54. The normalized spacial score (nSPS) is 11.7. The number of aryl methyl sites for hydroxylation is 1. The molecule has 0 bridgehead atoms. The summed E-state index contributed by atoms with van der Waals surface area (Å²) < 4.78 is 26.8. The number of hydrogen-bond donors (Lipinski definition) is 0. The molecule has 0 aliphatic carbocycles. The number of benzene rings is 2. The molecular formula is C19H19N7O2S2. The molecule has 0 spiro atoms. The first-order valence-corrected chi connectivity index (χ1v) is 11.9. The molecule has 2 aromatic carbocycles. The molecule has 0 fully saturated rings. The highest BCUT2D eigenvalue weighted by Crippen LogP contribution is 2.27. The summed E-state index contributed by atoms with van der Waals surface area (Å²) >= 11 is 1.47. The van der Waals surface area contributed by atoms with Crippen LogP contribution >= 0.6 is 11.8 Å². The Bertz CT molecular complexity index is 1290. The van der Waals surface area contributed by atoms with Crippen molar-refractivity contribution in [3.8, 4) is 17.1 Å². The maximum Gasteiger partial charge on any atom is 0.191 e. The molecule has 0 unspecified atom stereocenters. The minimum atomic E-state index is -3.26. The van der Waals surface area contributed by atoms with Crippen molar-refractivity contribution >= 4 is 21.6 Å².